The van der Waals surface area contributed by atoms with E-state index in [1.54, 1.807) is 6.07 Å². The van der Waals surface area contributed by atoms with Crippen LogP contribution >= 0.6 is 11.6 Å². The van der Waals surface area contributed by atoms with Crippen LogP contribution in [0.1, 0.15) is 16.7 Å². The van der Waals surface area contributed by atoms with Crippen molar-refractivity contribution in [3.05, 3.63) is 113 Å². The summed E-state index contributed by atoms with van der Waals surface area (Å²) in [6.45, 7) is 1.29. The highest BCUT2D eigenvalue weighted by molar-refractivity contribution is 7.92. The normalized spacial score (nSPS) is 11.7. The van der Waals surface area contributed by atoms with Crippen LogP contribution < -0.4 is 23.8 Å². The third-order valence-corrected chi connectivity index (χ3v) is 9.58. The topological polar surface area (TPSA) is 114 Å². The minimum Gasteiger partial charge on any atom is -0.495 e. The number of benzene rings is 4. The van der Waals surface area contributed by atoms with Crippen LogP contribution in [-0.4, -0.2) is 66.1 Å². The molecule has 0 radical (unpaired) electrons. The molecule has 0 fully saturated rings. The Bertz CT molecular complexity index is 1820. The van der Waals surface area contributed by atoms with Gasteiger partial charge in [0.25, 0.3) is 10.0 Å². The van der Waals surface area contributed by atoms with Gasteiger partial charge in [-0.05, 0) is 48.4 Å². The lowest BCUT2D eigenvalue weighted by molar-refractivity contribution is -0.139. The van der Waals surface area contributed by atoms with Gasteiger partial charge in [-0.15, -0.1) is 0 Å². The Labute approximate surface area is 280 Å². The Morgan fingerprint density at radius 3 is 2.11 bits per heavy atom. The maximum atomic E-state index is 14.6. The first kappa shape index (κ1) is 35.1. The molecule has 4 aromatic carbocycles. The number of carbonyl (C=O) groups is 2. The molecule has 1 atom stereocenters. The van der Waals surface area contributed by atoms with E-state index in [1.807, 2.05) is 61.5 Å². The van der Waals surface area contributed by atoms with E-state index in [1.165, 1.54) is 63.6 Å². The molecule has 248 valence electrons. The summed E-state index contributed by atoms with van der Waals surface area (Å²) in [7, 11) is 1.25. The number of anilines is 1. The summed E-state index contributed by atoms with van der Waals surface area (Å²) < 4.78 is 46.1. The van der Waals surface area contributed by atoms with Crippen molar-refractivity contribution in [1.82, 2.24) is 10.2 Å². The minimum atomic E-state index is -4.47. The highest BCUT2D eigenvalue weighted by atomic mass is 35.5. The number of hydrogen-bond acceptors (Lipinski definition) is 7. The van der Waals surface area contributed by atoms with E-state index < -0.39 is 34.4 Å². The lowest BCUT2D eigenvalue weighted by atomic mass is 10.0. The predicted molar refractivity (Wildman–Crippen MR) is 182 cm³/mol. The number of amides is 2. The number of ether oxygens (including phenoxy) is 3. The second-order valence-corrected chi connectivity index (χ2v) is 13.0. The summed E-state index contributed by atoms with van der Waals surface area (Å²) in [5.74, 6) is -0.343. The molecule has 0 aliphatic rings. The molecule has 12 heteroatoms. The summed E-state index contributed by atoms with van der Waals surface area (Å²) in [5, 5.41) is 2.91. The van der Waals surface area contributed by atoms with Gasteiger partial charge in [-0.3, -0.25) is 13.9 Å². The van der Waals surface area contributed by atoms with E-state index >= 15 is 0 Å². The Morgan fingerprint density at radius 2 is 1.47 bits per heavy atom. The quantitative estimate of drug-likeness (QED) is 0.194. The van der Waals surface area contributed by atoms with E-state index in [-0.39, 0.29) is 40.1 Å². The first-order chi connectivity index (χ1) is 22.5. The summed E-state index contributed by atoms with van der Waals surface area (Å²) in [4.78, 5) is 29.3. The van der Waals surface area contributed by atoms with E-state index in [0.29, 0.717) is 5.75 Å². The molecule has 0 bridgehead atoms. The van der Waals surface area contributed by atoms with Gasteiger partial charge in [0.1, 0.15) is 18.3 Å². The molecule has 4 aromatic rings. The third kappa shape index (κ3) is 8.35. The molecule has 0 saturated carbocycles. The first-order valence-electron chi connectivity index (χ1n) is 14.7. The van der Waals surface area contributed by atoms with Crippen LogP contribution in [0.4, 0.5) is 5.69 Å². The molecule has 47 heavy (non-hydrogen) atoms. The molecule has 0 unspecified atom stereocenters. The molecule has 10 nitrogen and oxygen atoms in total. The molecule has 1 N–H and O–H groups in total. The van der Waals surface area contributed by atoms with Crippen molar-refractivity contribution < 1.29 is 32.2 Å². The molecule has 0 saturated heterocycles. The Balaban J connectivity index is 1.87. The lowest BCUT2D eigenvalue weighted by Gasteiger charge is -2.34. The maximum Gasteiger partial charge on any atom is 0.265 e. The van der Waals surface area contributed by atoms with Gasteiger partial charge in [-0.25, -0.2) is 8.42 Å². The number of aryl methyl sites for hydroxylation is 1. The molecule has 0 heterocycles. The van der Waals surface area contributed by atoms with Gasteiger partial charge in [0.05, 0.1) is 31.9 Å². The van der Waals surface area contributed by atoms with Crippen LogP contribution in [0.2, 0.25) is 5.02 Å². The summed E-state index contributed by atoms with van der Waals surface area (Å²) in [6.07, 6.45) is 0.195. The fourth-order valence-corrected chi connectivity index (χ4v) is 6.80. The SMILES string of the molecule is CNC(=O)[C@H](Cc1ccccc1)N(Cc1cccc(C)c1)C(=O)CN(c1cc(Cl)ccc1OC)S(=O)(=O)c1ccc(OC)c(OC)c1. The number of carbonyl (C=O) groups excluding carboxylic acids is 2. The third-order valence-electron chi connectivity index (χ3n) is 7.58. The smallest absolute Gasteiger partial charge is 0.265 e. The van der Waals surface area contributed by atoms with Gasteiger partial charge in [-0.1, -0.05) is 71.8 Å². The van der Waals surface area contributed by atoms with Gasteiger partial charge in [0.15, 0.2) is 11.5 Å². The second-order valence-electron chi connectivity index (χ2n) is 10.7. The lowest BCUT2D eigenvalue weighted by Crippen LogP contribution is -2.53. The predicted octanol–water partition coefficient (Wildman–Crippen LogP) is 5.26. The molecule has 2 amide bonds. The van der Waals surface area contributed by atoms with Crippen molar-refractivity contribution in [3.8, 4) is 17.2 Å². The molecule has 0 aliphatic carbocycles. The van der Waals surface area contributed by atoms with Gasteiger partial charge in [0.2, 0.25) is 11.8 Å². The number of sulfonamides is 1. The fraction of sp³-hybridized carbons (Fsp3) is 0.257. The van der Waals surface area contributed by atoms with E-state index in [9.17, 15) is 18.0 Å². The van der Waals surface area contributed by atoms with Crippen molar-refractivity contribution in [2.24, 2.45) is 0 Å². The summed E-state index contributed by atoms with van der Waals surface area (Å²) in [5.41, 5.74) is 2.61. The molecular weight excluding hydrogens is 642 g/mol. The number of hydrogen-bond donors (Lipinski definition) is 1. The number of likely N-dealkylation sites (N-methyl/N-ethyl adjacent to an activating group) is 1. The number of nitrogens with zero attached hydrogens (tertiary/aromatic N) is 2. The summed E-state index contributed by atoms with van der Waals surface area (Å²) in [6, 6.07) is 24.5. The second kappa shape index (κ2) is 15.7. The summed E-state index contributed by atoms with van der Waals surface area (Å²) >= 11 is 6.36. The zero-order chi connectivity index (χ0) is 34.1. The minimum absolute atomic E-state index is 0.0400. The largest absolute Gasteiger partial charge is 0.495 e. The Morgan fingerprint density at radius 1 is 0.809 bits per heavy atom. The molecule has 0 spiro atoms. The van der Waals surface area contributed by atoms with E-state index in [0.717, 1.165) is 21.0 Å². The van der Waals surface area contributed by atoms with Crippen LogP contribution in [0.5, 0.6) is 17.2 Å². The van der Waals surface area contributed by atoms with Gasteiger partial charge < -0.3 is 24.4 Å². The average Bonchev–Trinajstić information content (AvgIpc) is 3.08. The highest BCUT2D eigenvalue weighted by Gasteiger charge is 2.36. The van der Waals surface area contributed by atoms with Crippen molar-refractivity contribution >= 4 is 39.1 Å². The van der Waals surface area contributed by atoms with Crippen LogP contribution in [0.15, 0.2) is 95.9 Å². The molecule has 4 rings (SSSR count). The van der Waals surface area contributed by atoms with Crippen molar-refractivity contribution in [3.63, 3.8) is 0 Å². The zero-order valence-electron chi connectivity index (χ0n) is 26.9. The van der Waals surface area contributed by atoms with Crippen molar-refractivity contribution in [2.75, 3.05) is 39.2 Å². The fourth-order valence-electron chi connectivity index (χ4n) is 5.20. The number of methoxy groups -OCH3 is 3. The Kier molecular flexibility index (Phi) is 11.7. The molecular formula is C35H38ClN3O7S. The van der Waals surface area contributed by atoms with Gasteiger partial charge in [-0.2, -0.15) is 0 Å². The van der Waals surface area contributed by atoms with E-state index in [4.69, 9.17) is 25.8 Å². The number of nitrogens with one attached hydrogen (secondary N) is 1. The average molecular weight is 680 g/mol. The molecule has 0 aromatic heterocycles. The Hall–Kier alpha value is -4.74. The standard InChI is InChI=1S/C35H38ClN3O7S/c1-24-10-9-13-26(18-24)22-38(30(35(41)37-2)19-25-11-7-6-8-12-25)34(40)23-39(29-20-27(36)14-16-31(29)44-3)47(42,43)28-15-17-32(45-4)33(21-28)46-5/h6-18,20-21,30H,19,22-23H2,1-5H3,(H,37,41)/t30-/m0/s1. The van der Waals surface area contributed by atoms with Gasteiger partial charge in [0, 0.05) is 31.1 Å². The first-order valence-corrected chi connectivity index (χ1v) is 16.5. The van der Waals surface area contributed by atoms with Gasteiger partial charge >= 0.3 is 0 Å². The van der Waals surface area contributed by atoms with Crippen molar-refractivity contribution in [1.29, 1.82) is 0 Å². The maximum absolute atomic E-state index is 14.6. The van der Waals surface area contributed by atoms with E-state index in [2.05, 4.69) is 5.32 Å². The van der Waals surface area contributed by atoms with Crippen LogP contribution in [-0.2, 0) is 32.6 Å². The van der Waals surface area contributed by atoms with Crippen LogP contribution in [0.3, 0.4) is 0 Å². The molecule has 0 aliphatic heterocycles. The van der Waals surface area contributed by atoms with Crippen molar-refractivity contribution in [2.45, 2.75) is 30.8 Å². The van der Waals surface area contributed by atoms with Crippen LogP contribution in [0, 0.1) is 6.92 Å². The number of rotatable bonds is 14. The zero-order valence-corrected chi connectivity index (χ0v) is 28.5. The van der Waals surface area contributed by atoms with Crippen LogP contribution in [0.25, 0.3) is 0 Å². The monoisotopic (exact) mass is 679 g/mol. The highest BCUT2D eigenvalue weighted by Crippen LogP contribution is 2.37. The number of halogens is 1.